The Balaban J connectivity index is 0.000000267. The number of phenolic OH excluding ortho intramolecular Hbond substituents is 6. The summed E-state index contributed by atoms with van der Waals surface area (Å²) in [5.74, 6) is 1.25. The van der Waals surface area contributed by atoms with Crippen LogP contribution in [-0.2, 0) is 32.5 Å². The van der Waals surface area contributed by atoms with Gasteiger partial charge in [0.25, 0.3) is 0 Å². The smallest absolute Gasteiger partial charge is 0.324 e. The van der Waals surface area contributed by atoms with Crippen molar-refractivity contribution in [2.24, 2.45) is 0 Å². The SMILES string of the molecule is CC(C)(C)c1cccc(O)c1-c1c(O)cccc1C(C)(C)C.CC(C)(C)c1cccc(O)c1-c1c(O)cccc1C(C)(C)C.CC(C)(C)c1cccc(O)c1-c1c(O)cccc1C(C)(C)C.OP(O)O. The van der Waals surface area contributed by atoms with Crippen LogP contribution in [-0.4, -0.2) is 45.3 Å². The highest BCUT2D eigenvalue weighted by Crippen LogP contribution is 2.50. The maximum atomic E-state index is 10.5. The van der Waals surface area contributed by atoms with E-state index < -0.39 is 8.60 Å². The molecular weight excluding hydrogens is 896 g/mol. The second-order valence-electron chi connectivity index (χ2n) is 24.0. The van der Waals surface area contributed by atoms with Crippen molar-refractivity contribution in [2.75, 3.05) is 0 Å². The van der Waals surface area contributed by atoms with Crippen LogP contribution in [0, 0.1) is 0 Å². The normalized spacial score (nSPS) is 12.3. The number of benzene rings is 6. The summed E-state index contributed by atoms with van der Waals surface area (Å²) in [5.41, 5.74) is 9.77. The number of hydrogen-bond acceptors (Lipinski definition) is 9. The lowest BCUT2D eigenvalue weighted by molar-refractivity contribution is 0.368. The maximum Gasteiger partial charge on any atom is 0.324 e. The van der Waals surface area contributed by atoms with Gasteiger partial charge in [-0.25, -0.2) is 0 Å². The summed E-state index contributed by atoms with van der Waals surface area (Å²) in [6.45, 7) is 38.0. The summed E-state index contributed by atoms with van der Waals surface area (Å²) in [6.07, 6.45) is 0. The predicted molar refractivity (Wildman–Crippen MR) is 291 cm³/mol. The molecule has 9 nitrogen and oxygen atoms in total. The van der Waals surface area contributed by atoms with Crippen molar-refractivity contribution >= 4 is 8.60 Å². The van der Waals surface area contributed by atoms with E-state index in [2.05, 4.69) is 125 Å². The highest BCUT2D eigenvalue weighted by molar-refractivity contribution is 7.38. The van der Waals surface area contributed by atoms with E-state index in [1.165, 1.54) is 0 Å². The molecule has 0 fully saturated rings. The van der Waals surface area contributed by atoms with Crippen molar-refractivity contribution in [3.8, 4) is 67.9 Å². The number of phenols is 6. The number of rotatable bonds is 3. The van der Waals surface area contributed by atoms with Crippen LogP contribution in [0.2, 0.25) is 0 Å². The fourth-order valence-corrected chi connectivity index (χ4v) is 8.57. The molecule has 6 aromatic carbocycles. The van der Waals surface area contributed by atoms with Crippen molar-refractivity contribution in [3.63, 3.8) is 0 Å². The molecule has 0 bridgehead atoms. The first-order valence-electron chi connectivity index (χ1n) is 23.7. The minimum absolute atomic E-state index is 0.133. The summed E-state index contributed by atoms with van der Waals surface area (Å²) >= 11 is 0. The van der Waals surface area contributed by atoms with E-state index in [1.54, 1.807) is 36.4 Å². The van der Waals surface area contributed by atoms with E-state index in [9.17, 15) is 30.6 Å². The number of aromatic hydroxyl groups is 6. The highest BCUT2D eigenvalue weighted by Gasteiger charge is 2.31. The van der Waals surface area contributed by atoms with Gasteiger partial charge in [0.1, 0.15) is 34.5 Å². The van der Waals surface area contributed by atoms with Crippen LogP contribution in [0.15, 0.2) is 109 Å². The van der Waals surface area contributed by atoms with Gasteiger partial charge in [-0.3, -0.25) is 0 Å². The third-order valence-corrected chi connectivity index (χ3v) is 11.9. The molecular formula is C60H81O9P. The van der Waals surface area contributed by atoms with E-state index in [1.807, 2.05) is 72.8 Å². The first-order valence-corrected chi connectivity index (χ1v) is 24.9. The minimum atomic E-state index is -2.62. The van der Waals surface area contributed by atoms with Gasteiger partial charge in [-0.1, -0.05) is 197 Å². The van der Waals surface area contributed by atoms with Crippen molar-refractivity contribution in [3.05, 3.63) is 143 Å². The van der Waals surface area contributed by atoms with Crippen LogP contribution in [0.5, 0.6) is 34.5 Å². The quantitative estimate of drug-likeness (QED) is 0.0780. The van der Waals surface area contributed by atoms with E-state index in [4.69, 9.17) is 14.7 Å². The van der Waals surface area contributed by atoms with E-state index in [-0.39, 0.29) is 67.0 Å². The Morgan fingerprint density at radius 1 is 0.229 bits per heavy atom. The standard InChI is InChI=1S/3C20H26O2.H3O3P/c3*1-19(2,3)13-9-7-11-15(21)17(13)18-14(20(4,5)6)10-8-12-16(18)22;1-4(2)3/h3*7-12,21-22H,1-6H3;1-3H. The predicted octanol–water partition coefficient (Wildman–Crippen LogP) is 15.3. The monoisotopic (exact) mass is 977 g/mol. The third kappa shape index (κ3) is 14.7. The molecule has 0 aromatic heterocycles. The molecule has 10 heteroatoms. The first kappa shape index (κ1) is 58.7. The van der Waals surface area contributed by atoms with Crippen molar-refractivity contribution < 1.29 is 45.3 Å². The molecule has 6 aromatic rings. The zero-order valence-electron chi connectivity index (χ0n) is 44.9. The van der Waals surface area contributed by atoms with Crippen LogP contribution < -0.4 is 0 Å². The lowest BCUT2D eigenvalue weighted by Crippen LogP contribution is -2.16. The van der Waals surface area contributed by atoms with Gasteiger partial charge in [0, 0.05) is 33.4 Å². The Bertz CT molecular complexity index is 2230. The van der Waals surface area contributed by atoms with Gasteiger partial charge >= 0.3 is 8.60 Å². The molecule has 0 amide bonds. The van der Waals surface area contributed by atoms with Crippen LogP contribution in [0.3, 0.4) is 0 Å². The third-order valence-electron chi connectivity index (χ3n) is 11.9. The number of hydrogen-bond donors (Lipinski definition) is 9. The van der Waals surface area contributed by atoms with Crippen LogP contribution in [0.25, 0.3) is 33.4 Å². The molecule has 6 rings (SSSR count). The van der Waals surface area contributed by atoms with Crippen molar-refractivity contribution in [1.82, 2.24) is 0 Å². The molecule has 70 heavy (non-hydrogen) atoms. The van der Waals surface area contributed by atoms with E-state index >= 15 is 0 Å². The van der Waals surface area contributed by atoms with Crippen LogP contribution in [0.1, 0.15) is 158 Å². The second kappa shape index (κ2) is 22.2. The molecule has 0 aliphatic heterocycles. The Hall–Kier alpha value is -5.57. The topological polar surface area (TPSA) is 182 Å². The summed E-state index contributed by atoms with van der Waals surface area (Å²) in [7, 11) is -2.62. The van der Waals surface area contributed by atoms with E-state index in [0.29, 0.717) is 0 Å². The van der Waals surface area contributed by atoms with Crippen LogP contribution in [0.4, 0.5) is 0 Å². The lowest BCUT2D eigenvalue weighted by atomic mass is 9.76. The zero-order valence-corrected chi connectivity index (χ0v) is 45.8. The molecule has 0 aliphatic rings. The molecule has 380 valence electrons. The molecule has 0 saturated heterocycles. The van der Waals surface area contributed by atoms with Gasteiger partial charge in [0.2, 0.25) is 0 Å². The summed E-state index contributed by atoms with van der Waals surface area (Å²) < 4.78 is 0. The fourth-order valence-electron chi connectivity index (χ4n) is 8.57. The Morgan fingerprint density at radius 3 is 0.414 bits per heavy atom. The van der Waals surface area contributed by atoms with Gasteiger partial charge in [-0.2, -0.15) is 0 Å². The average molecular weight is 977 g/mol. The van der Waals surface area contributed by atoms with Crippen molar-refractivity contribution in [1.29, 1.82) is 0 Å². The Morgan fingerprint density at radius 2 is 0.329 bits per heavy atom. The van der Waals surface area contributed by atoms with E-state index in [0.717, 1.165) is 66.8 Å². The van der Waals surface area contributed by atoms with Crippen LogP contribution >= 0.6 is 8.60 Å². The fraction of sp³-hybridized carbons (Fsp3) is 0.400. The molecule has 0 atom stereocenters. The zero-order chi connectivity index (χ0) is 53.7. The van der Waals surface area contributed by atoms with Gasteiger partial charge in [-0.15, -0.1) is 0 Å². The van der Waals surface area contributed by atoms with Gasteiger partial charge in [-0.05, 0) is 102 Å². The highest BCUT2D eigenvalue weighted by atomic mass is 31.2. The molecule has 0 unspecified atom stereocenters. The molecule has 0 heterocycles. The van der Waals surface area contributed by atoms with Crippen molar-refractivity contribution in [2.45, 2.75) is 157 Å². The molecule has 9 N–H and O–H groups in total. The Kier molecular flexibility index (Phi) is 18.7. The lowest BCUT2D eigenvalue weighted by Gasteiger charge is -2.28. The second-order valence-corrected chi connectivity index (χ2v) is 24.5. The minimum Gasteiger partial charge on any atom is -0.507 e. The molecule has 0 saturated carbocycles. The molecule has 0 aliphatic carbocycles. The maximum absolute atomic E-state index is 10.5. The van der Waals surface area contributed by atoms with Gasteiger partial charge in [0.15, 0.2) is 0 Å². The summed E-state index contributed by atoms with van der Waals surface area (Å²) in [4.78, 5) is 21.7. The van der Waals surface area contributed by atoms with Gasteiger partial charge < -0.3 is 45.3 Å². The summed E-state index contributed by atoms with van der Waals surface area (Å²) in [5, 5.41) is 63.1. The Labute approximate surface area is 419 Å². The first-order chi connectivity index (χ1) is 31.8. The van der Waals surface area contributed by atoms with Gasteiger partial charge in [0.05, 0.1) is 0 Å². The molecule has 0 spiro atoms. The average Bonchev–Trinajstić information content (AvgIpc) is 3.19. The molecule has 0 radical (unpaired) electrons. The summed E-state index contributed by atoms with van der Waals surface area (Å²) in [6, 6.07) is 33.4. The largest absolute Gasteiger partial charge is 0.507 e.